The van der Waals surface area contributed by atoms with Crippen LogP contribution in [0.2, 0.25) is 12.6 Å². The van der Waals surface area contributed by atoms with Crippen molar-refractivity contribution >= 4 is 8.56 Å². The van der Waals surface area contributed by atoms with Crippen LogP contribution >= 0.6 is 0 Å². The van der Waals surface area contributed by atoms with E-state index in [2.05, 4.69) is 30.6 Å². The fourth-order valence-electron chi connectivity index (χ4n) is 1.89. The molecule has 0 bridgehead atoms. The van der Waals surface area contributed by atoms with Gasteiger partial charge in [-0.15, -0.1) is 0 Å². The summed E-state index contributed by atoms with van der Waals surface area (Å²) in [6, 6.07) is 1.08. The van der Waals surface area contributed by atoms with Crippen molar-refractivity contribution in [2.24, 2.45) is 0 Å². The molecule has 18 heavy (non-hydrogen) atoms. The molecule has 0 aromatic carbocycles. The quantitative estimate of drug-likeness (QED) is 0.437. The number of rotatable bonds is 12. The van der Waals surface area contributed by atoms with Gasteiger partial charge in [0.2, 0.25) is 0 Å². The first-order valence-electron chi connectivity index (χ1n) is 7.15. The molecule has 0 heterocycles. The zero-order valence-electron chi connectivity index (χ0n) is 12.9. The summed E-state index contributed by atoms with van der Waals surface area (Å²) >= 11 is 0. The third-order valence-corrected chi connectivity index (χ3v) is 6.59. The number of unbranched alkanes of at least 4 members (excludes halogenated alkanes) is 1. The maximum absolute atomic E-state index is 5.46. The summed E-state index contributed by atoms with van der Waals surface area (Å²) in [5.41, 5.74) is 0. The van der Waals surface area contributed by atoms with Gasteiger partial charge in [-0.2, -0.15) is 0 Å². The minimum Gasteiger partial charge on any atom is -0.398 e. The molecule has 0 aromatic rings. The average Bonchev–Trinajstić information content (AvgIpc) is 2.41. The van der Waals surface area contributed by atoms with Crippen LogP contribution in [0.25, 0.3) is 0 Å². The van der Waals surface area contributed by atoms with Gasteiger partial charge in [0.25, 0.3) is 0 Å². The highest BCUT2D eigenvalue weighted by molar-refractivity contribution is 6.65. The van der Waals surface area contributed by atoms with E-state index in [0.717, 1.165) is 38.8 Å². The molecule has 0 amide bonds. The Balaban J connectivity index is 3.41. The second-order valence-electron chi connectivity index (χ2n) is 4.78. The molecule has 0 rings (SSSR count). The van der Waals surface area contributed by atoms with Gasteiger partial charge in [0.15, 0.2) is 0 Å². The molecule has 0 fully saturated rings. The van der Waals surface area contributed by atoms with Gasteiger partial charge in [-0.25, -0.2) is 0 Å². The molecule has 4 nitrogen and oxygen atoms in total. The van der Waals surface area contributed by atoms with Crippen LogP contribution in [0.4, 0.5) is 0 Å². The van der Waals surface area contributed by atoms with Crippen molar-refractivity contribution in [3.8, 4) is 0 Å². The Morgan fingerprint density at radius 3 is 2.11 bits per heavy atom. The van der Waals surface area contributed by atoms with Crippen molar-refractivity contribution in [3.05, 3.63) is 0 Å². The molecule has 0 aliphatic heterocycles. The largest absolute Gasteiger partial charge is 0.398 e. The number of hydrogen-bond acceptors (Lipinski definition) is 4. The monoisotopic (exact) mass is 276 g/mol. The van der Waals surface area contributed by atoms with Crippen LogP contribution in [0.15, 0.2) is 0 Å². The Kier molecular flexibility index (Phi) is 11.0. The second kappa shape index (κ2) is 10.9. The molecule has 0 unspecified atom stereocenters. The van der Waals surface area contributed by atoms with Gasteiger partial charge >= 0.3 is 8.56 Å². The number of nitrogens with one attached hydrogen (secondary N) is 1. The third kappa shape index (κ3) is 8.21. The molecule has 0 radical (unpaired) electrons. The minimum atomic E-state index is -1.83. The molecule has 0 saturated carbocycles. The molecule has 5 heteroatoms. The molecule has 0 atom stereocenters. The standard InChI is InChI=1S/C13H32N2O2Si/c1-6-15(7-2)12-11-14-10-8-9-13-18(5,16-3)17-4/h14H,6-13H2,1-5H3. The predicted octanol–water partition coefficient (Wildman–Crippen LogP) is 2.06. The number of likely N-dealkylation sites (N-methyl/N-ethyl adjacent to an activating group) is 1. The van der Waals surface area contributed by atoms with Gasteiger partial charge < -0.3 is 19.1 Å². The fourth-order valence-corrected chi connectivity index (χ4v) is 3.35. The molecule has 0 aliphatic rings. The summed E-state index contributed by atoms with van der Waals surface area (Å²) in [4.78, 5) is 2.44. The van der Waals surface area contributed by atoms with Gasteiger partial charge in [0.1, 0.15) is 0 Å². The van der Waals surface area contributed by atoms with Crippen molar-refractivity contribution in [3.63, 3.8) is 0 Å². The van der Waals surface area contributed by atoms with Crippen LogP contribution in [0.5, 0.6) is 0 Å². The number of hydrogen-bond donors (Lipinski definition) is 1. The lowest BCUT2D eigenvalue weighted by molar-refractivity contribution is 0.248. The summed E-state index contributed by atoms with van der Waals surface area (Å²) in [5, 5.41) is 3.50. The van der Waals surface area contributed by atoms with Crippen molar-refractivity contribution in [1.82, 2.24) is 10.2 Å². The van der Waals surface area contributed by atoms with E-state index in [1.165, 1.54) is 12.8 Å². The smallest absolute Gasteiger partial charge is 0.334 e. The lowest BCUT2D eigenvalue weighted by Crippen LogP contribution is -2.36. The third-order valence-electron chi connectivity index (χ3n) is 3.60. The van der Waals surface area contributed by atoms with E-state index >= 15 is 0 Å². The second-order valence-corrected chi connectivity index (χ2v) is 8.36. The Bertz CT molecular complexity index is 186. The van der Waals surface area contributed by atoms with Gasteiger partial charge in [-0.1, -0.05) is 20.3 Å². The molecule has 0 saturated heterocycles. The van der Waals surface area contributed by atoms with E-state index in [-0.39, 0.29) is 0 Å². The van der Waals surface area contributed by atoms with Crippen LogP contribution in [0, 0.1) is 0 Å². The van der Waals surface area contributed by atoms with E-state index in [0.29, 0.717) is 0 Å². The predicted molar refractivity (Wildman–Crippen MR) is 80.3 cm³/mol. The van der Waals surface area contributed by atoms with E-state index in [9.17, 15) is 0 Å². The molecular weight excluding hydrogens is 244 g/mol. The highest BCUT2D eigenvalue weighted by Gasteiger charge is 2.27. The van der Waals surface area contributed by atoms with Crippen LogP contribution in [0.3, 0.4) is 0 Å². The molecule has 0 aromatic heterocycles. The first-order valence-corrected chi connectivity index (χ1v) is 9.67. The van der Waals surface area contributed by atoms with Crippen LogP contribution in [-0.4, -0.2) is 60.4 Å². The maximum Gasteiger partial charge on any atom is 0.334 e. The summed E-state index contributed by atoms with van der Waals surface area (Å²) in [6.45, 7) is 12.2. The Labute approximate surface area is 114 Å². The molecular formula is C13H32N2O2Si. The van der Waals surface area contributed by atoms with E-state index in [1.807, 2.05) is 0 Å². The Morgan fingerprint density at radius 1 is 1.00 bits per heavy atom. The highest BCUT2D eigenvalue weighted by atomic mass is 28.4. The normalized spacial score (nSPS) is 12.3. The van der Waals surface area contributed by atoms with Crippen molar-refractivity contribution < 1.29 is 8.85 Å². The van der Waals surface area contributed by atoms with Crippen LogP contribution in [-0.2, 0) is 8.85 Å². The topological polar surface area (TPSA) is 33.7 Å². The maximum atomic E-state index is 5.46. The van der Waals surface area contributed by atoms with Crippen molar-refractivity contribution in [1.29, 1.82) is 0 Å². The molecule has 0 spiro atoms. The average molecular weight is 276 g/mol. The Hall–Kier alpha value is 0.0569. The minimum absolute atomic E-state index is 1.08. The summed E-state index contributed by atoms with van der Waals surface area (Å²) in [6.07, 6.45) is 2.39. The summed E-state index contributed by atoms with van der Waals surface area (Å²) in [7, 11) is 1.69. The van der Waals surface area contributed by atoms with E-state index in [1.54, 1.807) is 14.2 Å². The molecule has 110 valence electrons. The van der Waals surface area contributed by atoms with Crippen LogP contribution < -0.4 is 5.32 Å². The van der Waals surface area contributed by atoms with Gasteiger partial charge in [-0.05, 0) is 38.6 Å². The molecule has 0 aliphatic carbocycles. The first kappa shape index (κ1) is 18.1. The van der Waals surface area contributed by atoms with E-state index in [4.69, 9.17) is 8.85 Å². The SMILES string of the molecule is CCN(CC)CCNCCCC[Si](C)(OC)OC. The highest BCUT2D eigenvalue weighted by Crippen LogP contribution is 2.14. The lowest BCUT2D eigenvalue weighted by Gasteiger charge is -2.22. The van der Waals surface area contributed by atoms with Crippen molar-refractivity contribution in [2.45, 2.75) is 39.3 Å². The van der Waals surface area contributed by atoms with Crippen molar-refractivity contribution in [2.75, 3.05) is 46.9 Å². The summed E-state index contributed by atoms with van der Waals surface area (Å²) in [5.74, 6) is 0. The lowest BCUT2D eigenvalue weighted by atomic mass is 10.3. The Morgan fingerprint density at radius 2 is 1.61 bits per heavy atom. The number of nitrogens with zero attached hydrogens (tertiary/aromatic N) is 1. The zero-order valence-corrected chi connectivity index (χ0v) is 13.9. The van der Waals surface area contributed by atoms with E-state index < -0.39 is 8.56 Å². The van der Waals surface area contributed by atoms with Gasteiger partial charge in [0.05, 0.1) is 0 Å². The summed E-state index contributed by atoms with van der Waals surface area (Å²) < 4.78 is 10.9. The van der Waals surface area contributed by atoms with Crippen LogP contribution in [0.1, 0.15) is 26.7 Å². The fraction of sp³-hybridized carbons (Fsp3) is 1.00. The first-order chi connectivity index (χ1) is 8.61. The molecule has 1 N–H and O–H groups in total. The van der Waals surface area contributed by atoms with Gasteiger partial charge in [0, 0.05) is 27.3 Å². The van der Waals surface area contributed by atoms with Gasteiger partial charge in [-0.3, -0.25) is 0 Å². The zero-order chi connectivity index (χ0) is 13.9.